The van der Waals surface area contributed by atoms with Crippen LogP contribution in [0.25, 0.3) is 0 Å². The molecular weight excluding hydrogens is 408 g/mol. The number of benzene rings is 1. The number of pyridine rings is 1. The number of likely N-dealkylation sites (N-methyl/N-ethyl adjacent to an activating group) is 1. The van der Waals surface area contributed by atoms with Crippen LogP contribution in [0.3, 0.4) is 0 Å². The molecule has 8 heteroatoms. The van der Waals surface area contributed by atoms with Crippen LogP contribution in [0.5, 0.6) is 0 Å². The van der Waals surface area contributed by atoms with Crippen molar-refractivity contribution in [3.8, 4) is 0 Å². The number of carbonyl (C=O) groups excluding carboxylic acids is 3. The predicted octanol–water partition coefficient (Wildman–Crippen LogP) is 2.46. The third-order valence-electron chi connectivity index (χ3n) is 5.24. The second-order valence-corrected chi connectivity index (χ2v) is 7.45. The fourth-order valence-corrected chi connectivity index (χ4v) is 3.47. The number of carbonyl (C=O) groups is 3. The molecule has 0 saturated heterocycles. The highest BCUT2D eigenvalue weighted by Gasteiger charge is 2.24. The molecule has 0 aliphatic heterocycles. The summed E-state index contributed by atoms with van der Waals surface area (Å²) in [5.41, 5.74) is 4.67. The molecule has 2 aromatic rings. The van der Waals surface area contributed by atoms with Gasteiger partial charge in [-0.15, -0.1) is 0 Å². The Kier molecular flexibility index (Phi) is 7.88. The van der Waals surface area contributed by atoms with Crippen molar-refractivity contribution in [3.05, 3.63) is 88.9 Å². The number of nitrogens with one attached hydrogen (secondary N) is 1. The lowest BCUT2D eigenvalue weighted by Crippen LogP contribution is -2.34. The van der Waals surface area contributed by atoms with Crippen molar-refractivity contribution in [3.63, 3.8) is 0 Å². The third kappa shape index (κ3) is 5.67. The normalized spacial score (nSPS) is 12.9. The van der Waals surface area contributed by atoms with E-state index in [1.807, 2.05) is 30.4 Å². The number of hydrogen-bond acceptors (Lipinski definition) is 5. The molecule has 1 aromatic heterocycles. The van der Waals surface area contributed by atoms with Gasteiger partial charge in [0.15, 0.2) is 0 Å². The van der Waals surface area contributed by atoms with Crippen molar-refractivity contribution in [1.82, 2.24) is 20.3 Å². The Labute approximate surface area is 186 Å². The first kappa shape index (κ1) is 22.9. The SMILES string of the molecule is CN(CCc1ccccn1)C(=O)C1=CCCC=C1N(C=O)Cc1ccc(C(=O)NO)cc1. The minimum atomic E-state index is -0.608. The van der Waals surface area contributed by atoms with E-state index >= 15 is 0 Å². The molecule has 1 aliphatic rings. The van der Waals surface area contributed by atoms with Gasteiger partial charge in [0, 0.05) is 37.5 Å². The smallest absolute Gasteiger partial charge is 0.274 e. The first-order valence-corrected chi connectivity index (χ1v) is 10.3. The minimum absolute atomic E-state index is 0.145. The zero-order valence-electron chi connectivity index (χ0n) is 17.9. The van der Waals surface area contributed by atoms with Crippen molar-refractivity contribution < 1.29 is 19.6 Å². The summed E-state index contributed by atoms with van der Waals surface area (Å²) in [6.07, 6.45) is 8.33. The first-order chi connectivity index (χ1) is 15.5. The molecule has 2 N–H and O–H groups in total. The maximum atomic E-state index is 13.1. The molecule has 0 spiro atoms. The molecule has 0 saturated carbocycles. The molecule has 0 bridgehead atoms. The molecule has 0 radical (unpaired) electrons. The molecule has 3 rings (SSSR count). The lowest BCUT2D eigenvalue weighted by Gasteiger charge is -2.28. The molecule has 1 heterocycles. The molecule has 166 valence electrons. The molecular formula is C24H26N4O4. The van der Waals surface area contributed by atoms with Crippen LogP contribution < -0.4 is 5.48 Å². The van der Waals surface area contributed by atoms with Crippen LogP contribution in [0, 0.1) is 0 Å². The molecule has 8 nitrogen and oxygen atoms in total. The van der Waals surface area contributed by atoms with Crippen LogP contribution in [0.2, 0.25) is 0 Å². The van der Waals surface area contributed by atoms with Gasteiger partial charge in [0.1, 0.15) is 0 Å². The maximum Gasteiger partial charge on any atom is 0.274 e. The quantitative estimate of drug-likeness (QED) is 0.359. The van der Waals surface area contributed by atoms with Crippen LogP contribution >= 0.6 is 0 Å². The van der Waals surface area contributed by atoms with E-state index in [9.17, 15) is 14.4 Å². The van der Waals surface area contributed by atoms with Crippen molar-refractivity contribution in [1.29, 1.82) is 0 Å². The van der Waals surface area contributed by atoms with Crippen LogP contribution in [0.1, 0.15) is 34.5 Å². The average Bonchev–Trinajstić information content (AvgIpc) is 2.86. The number of hydroxylamine groups is 1. The summed E-state index contributed by atoms with van der Waals surface area (Å²) < 4.78 is 0. The van der Waals surface area contributed by atoms with Crippen molar-refractivity contribution in [2.75, 3.05) is 13.6 Å². The molecule has 1 aliphatic carbocycles. The van der Waals surface area contributed by atoms with Gasteiger partial charge in [0.25, 0.3) is 11.8 Å². The molecule has 0 unspecified atom stereocenters. The number of hydrogen-bond donors (Lipinski definition) is 2. The van der Waals surface area contributed by atoms with Crippen molar-refractivity contribution in [2.24, 2.45) is 0 Å². The highest BCUT2D eigenvalue weighted by Crippen LogP contribution is 2.25. The van der Waals surface area contributed by atoms with Gasteiger partial charge >= 0.3 is 0 Å². The first-order valence-electron chi connectivity index (χ1n) is 10.3. The van der Waals surface area contributed by atoms with Gasteiger partial charge in [-0.3, -0.25) is 24.6 Å². The van der Waals surface area contributed by atoms with Crippen LogP contribution in [0.4, 0.5) is 0 Å². The molecule has 3 amide bonds. The molecule has 1 aromatic carbocycles. The largest absolute Gasteiger partial charge is 0.341 e. The predicted molar refractivity (Wildman–Crippen MR) is 118 cm³/mol. The number of rotatable bonds is 9. The van der Waals surface area contributed by atoms with Crippen LogP contribution in [-0.2, 0) is 22.6 Å². The lowest BCUT2D eigenvalue weighted by atomic mass is 10.0. The third-order valence-corrected chi connectivity index (χ3v) is 5.24. The minimum Gasteiger partial charge on any atom is -0.341 e. The van der Waals surface area contributed by atoms with Gasteiger partial charge < -0.3 is 9.80 Å². The van der Waals surface area contributed by atoms with Crippen LogP contribution in [-0.4, -0.2) is 51.8 Å². The second-order valence-electron chi connectivity index (χ2n) is 7.45. The zero-order valence-corrected chi connectivity index (χ0v) is 17.9. The Hall–Kier alpha value is -3.78. The summed E-state index contributed by atoms with van der Waals surface area (Å²) in [6.45, 7) is 0.758. The lowest BCUT2D eigenvalue weighted by molar-refractivity contribution is -0.125. The van der Waals surface area contributed by atoms with E-state index in [1.54, 1.807) is 47.9 Å². The number of amides is 3. The fourth-order valence-electron chi connectivity index (χ4n) is 3.47. The summed E-state index contributed by atoms with van der Waals surface area (Å²) in [5.74, 6) is -0.753. The summed E-state index contributed by atoms with van der Waals surface area (Å²) >= 11 is 0. The topological polar surface area (TPSA) is 103 Å². The van der Waals surface area contributed by atoms with E-state index in [0.29, 0.717) is 36.2 Å². The maximum absolute atomic E-state index is 13.1. The van der Waals surface area contributed by atoms with Gasteiger partial charge in [0.05, 0.1) is 17.8 Å². The summed E-state index contributed by atoms with van der Waals surface area (Å²) in [5, 5.41) is 8.73. The fraction of sp³-hybridized carbons (Fsp3) is 0.250. The standard InChI is InChI=1S/C24H26N4O4/c1-27(15-13-20-6-4-5-14-25-20)24(31)21-7-2-3-8-22(21)28(17-29)16-18-9-11-19(12-10-18)23(30)26-32/h4-12,14,17,32H,2-3,13,15-16H2,1H3,(H,26,30). The second kappa shape index (κ2) is 11.0. The Morgan fingerprint density at radius 3 is 2.53 bits per heavy atom. The Morgan fingerprint density at radius 1 is 1.12 bits per heavy atom. The molecule has 0 fully saturated rings. The number of allylic oxidation sites excluding steroid dienone is 2. The zero-order chi connectivity index (χ0) is 22.9. The van der Waals surface area contributed by atoms with E-state index in [0.717, 1.165) is 24.1 Å². The van der Waals surface area contributed by atoms with Gasteiger partial charge in [-0.25, -0.2) is 5.48 Å². The van der Waals surface area contributed by atoms with E-state index in [4.69, 9.17) is 5.21 Å². The van der Waals surface area contributed by atoms with E-state index in [-0.39, 0.29) is 12.5 Å². The van der Waals surface area contributed by atoms with E-state index < -0.39 is 5.91 Å². The van der Waals surface area contributed by atoms with Crippen molar-refractivity contribution >= 4 is 18.2 Å². The summed E-state index contributed by atoms with van der Waals surface area (Å²) in [6, 6.07) is 12.2. The van der Waals surface area contributed by atoms with Crippen LogP contribution in [0.15, 0.2) is 72.1 Å². The molecule has 0 atom stereocenters. The molecule has 32 heavy (non-hydrogen) atoms. The van der Waals surface area contributed by atoms with Gasteiger partial charge in [-0.1, -0.05) is 30.4 Å². The number of nitrogens with zero attached hydrogens (tertiary/aromatic N) is 3. The van der Waals surface area contributed by atoms with E-state index in [1.165, 1.54) is 4.90 Å². The highest BCUT2D eigenvalue weighted by atomic mass is 16.5. The Bertz CT molecular complexity index is 1020. The Morgan fingerprint density at radius 2 is 1.88 bits per heavy atom. The monoisotopic (exact) mass is 434 g/mol. The van der Waals surface area contributed by atoms with Gasteiger partial charge in [-0.05, 0) is 42.7 Å². The van der Waals surface area contributed by atoms with Crippen molar-refractivity contribution in [2.45, 2.75) is 25.8 Å². The van der Waals surface area contributed by atoms with Gasteiger partial charge in [-0.2, -0.15) is 0 Å². The van der Waals surface area contributed by atoms with E-state index in [2.05, 4.69) is 4.98 Å². The average molecular weight is 434 g/mol. The number of aromatic nitrogens is 1. The summed E-state index contributed by atoms with van der Waals surface area (Å²) in [7, 11) is 1.74. The summed E-state index contributed by atoms with van der Waals surface area (Å²) in [4.78, 5) is 44.0. The van der Waals surface area contributed by atoms with Gasteiger partial charge in [0.2, 0.25) is 6.41 Å². The Balaban J connectivity index is 1.69. The highest BCUT2D eigenvalue weighted by molar-refractivity contribution is 5.98.